The predicted octanol–water partition coefficient (Wildman–Crippen LogP) is 1.86. The van der Waals surface area contributed by atoms with Crippen molar-refractivity contribution in [3.8, 4) is 17.3 Å². The number of nitrogens with zero attached hydrogens (tertiary/aromatic N) is 3. The molecule has 1 aliphatic rings. The summed E-state index contributed by atoms with van der Waals surface area (Å²) >= 11 is 0. The first-order valence-corrected chi connectivity index (χ1v) is 9.80. The number of imidazole rings is 1. The lowest BCUT2D eigenvalue weighted by Gasteiger charge is -2.10. The molecule has 1 aliphatic heterocycles. The summed E-state index contributed by atoms with van der Waals surface area (Å²) in [4.78, 5) is 8.86. The molecule has 3 heterocycles. The molecule has 7 nitrogen and oxygen atoms in total. The Balaban J connectivity index is 1.44. The summed E-state index contributed by atoms with van der Waals surface area (Å²) < 4.78 is 35.0. The average Bonchev–Trinajstić information content (AvgIpc) is 3.31. The molecule has 26 heavy (non-hydrogen) atoms. The third-order valence-electron chi connectivity index (χ3n) is 4.23. The van der Waals surface area contributed by atoms with Gasteiger partial charge in [-0.3, -0.25) is 4.98 Å². The Hall–Kier alpha value is -2.71. The van der Waals surface area contributed by atoms with E-state index in [2.05, 4.69) is 14.7 Å². The van der Waals surface area contributed by atoms with Crippen molar-refractivity contribution in [3.63, 3.8) is 0 Å². The van der Waals surface area contributed by atoms with Crippen LogP contribution in [0.3, 0.4) is 0 Å². The average molecular weight is 370 g/mol. The summed E-state index contributed by atoms with van der Waals surface area (Å²) in [5, 5.41) is 0. The van der Waals surface area contributed by atoms with Crippen molar-refractivity contribution in [2.75, 3.05) is 13.2 Å². The molecule has 3 aromatic rings. The van der Waals surface area contributed by atoms with Crippen molar-refractivity contribution in [3.05, 3.63) is 60.6 Å². The maximum atomic E-state index is 12.5. The summed E-state index contributed by atoms with van der Waals surface area (Å²) in [6.07, 6.45) is 5.93. The number of hydrogen-bond donors (Lipinski definition) is 1. The van der Waals surface area contributed by atoms with Gasteiger partial charge in [0.1, 0.15) is 11.4 Å². The first-order chi connectivity index (χ1) is 12.6. The van der Waals surface area contributed by atoms with Gasteiger partial charge in [0, 0.05) is 38.1 Å². The van der Waals surface area contributed by atoms with Crippen LogP contribution in [0, 0.1) is 0 Å². The maximum Gasteiger partial charge on any atom is 0.240 e. The van der Waals surface area contributed by atoms with Crippen molar-refractivity contribution in [2.45, 2.75) is 17.9 Å². The highest BCUT2D eigenvalue weighted by Crippen LogP contribution is 2.27. The zero-order valence-corrected chi connectivity index (χ0v) is 14.8. The molecule has 0 aliphatic carbocycles. The number of nitrogens with one attached hydrogen (secondary N) is 1. The fourth-order valence-corrected chi connectivity index (χ4v) is 4.00. The molecule has 0 fully saturated rings. The molecule has 0 saturated heterocycles. The van der Waals surface area contributed by atoms with E-state index >= 15 is 0 Å². The topological polar surface area (TPSA) is 86.1 Å². The van der Waals surface area contributed by atoms with Gasteiger partial charge in [0.25, 0.3) is 0 Å². The lowest BCUT2D eigenvalue weighted by molar-refractivity contribution is 0.356. The zero-order chi connectivity index (χ0) is 18.0. The second kappa shape index (κ2) is 6.89. The smallest absolute Gasteiger partial charge is 0.240 e. The van der Waals surface area contributed by atoms with E-state index in [-0.39, 0.29) is 11.4 Å². The molecule has 0 amide bonds. The van der Waals surface area contributed by atoms with E-state index in [0.29, 0.717) is 19.0 Å². The fraction of sp³-hybridized carbons (Fsp3) is 0.222. The predicted molar refractivity (Wildman–Crippen MR) is 96.3 cm³/mol. The minimum absolute atomic E-state index is 0.256. The normalized spacial score (nSPS) is 13.4. The first kappa shape index (κ1) is 16.7. The molecular formula is C18H18N4O3S. The molecule has 1 N–H and O–H groups in total. The van der Waals surface area contributed by atoms with E-state index in [1.54, 1.807) is 30.6 Å². The van der Waals surface area contributed by atoms with Gasteiger partial charge in [0.15, 0.2) is 5.82 Å². The Morgan fingerprint density at radius 1 is 1.15 bits per heavy atom. The summed E-state index contributed by atoms with van der Waals surface area (Å²) in [5.74, 6) is 1.47. The molecule has 0 atom stereocenters. The molecule has 134 valence electrons. The van der Waals surface area contributed by atoms with Gasteiger partial charge >= 0.3 is 0 Å². The lowest BCUT2D eigenvalue weighted by Crippen LogP contribution is -2.27. The third kappa shape index (κ3) is 3.33. The number of ether oxygens (including phenoxy) is 1. The van der Waals surface area contributed by atoms with E-state index in [9.17, 15) is 8.42 Å². The standard InChI is InChI=1S/C18H18N4O3S/c23-26(24,15-4-5-17-14(13-15)6-12-25-17)21-9-11-22-10-8-20-18(22)16-3-1-2-7-19-16/h1-5,7-8,10,13,21H,6,9,11-12H2. The van der Waals surface area contributed by atoms with Crippen LogP contribution in [0.4, 0.5) is 0 Å². The number of fused-ring (bicyclic) bond motifs is 1. The third-order valence-corrected chi connectivity index (χ3v) is 5.68. The summed E-state index contributed by atoms with van der Waals surface area (Å²) in [6.45, 7) is 1.31. The maximum absolute atomic E-state index is 12.5. The highest BCUT2D eigenvalue weighted by Gasteiger charge is 2.19. The lowest BCUT2D eigenvalue weighted by atomic mass is 10.2. The van der Waals surface area contributed by atoms with Crippen molar-refractivity contribution in [1.29, 1.82) is 0 Å². The number of benzene rings is 1. The molecule has 0 bridgehead atoms. The second-order valence-electron chi connectivity index (χ2n) is 5.92. The Kier molecular flexibility index (Phi) is 4.44. The van der Waals surface area contributed by atoms with E-state index in [1.807, 2.05) is 29.0 Å². The molecule has 8 heteroatoms. The minimum Gasteiger partial charge on any atom is -0.493 e. The number of sulfonamides is 1. The Labute approximate surface area is 151 Å². The fourth-order valence-electron chi connectivity index (χ4n) is 2.93. The zero-order valence-electron chi connectivity index (χ0n) is 14.0. The van der Waals surface area contributed by atoms with Crippen LogP contribution in [0.2, 0.25) is 0 Å². The van der Waals surface area contributed by atoms with Gasteiger partial charge in [-0.25, -0.2) is 18.1 Å². The molecule has 1 aromatic carbocycles. The van der Waals surface area contributed by atoms with Gasteiger partial charge in [-0.2, -0.15) is 0 Å². The van der Waals surface area contributed by atoms with Gasteiger partial charge in [0.05, 0.1) is 11.5 Å². The molecule has 4 rings (SSSR count). The van der Waals surface area contributed by atoms with Crippen LogP contribution >= 0.6 is 0 Å². The van der Waals surface area contributed by atoms with Gasteiger partial charge in [-0.15, -0.1) is 0 Å². The number of aromatic nitrogens is 3. The number of pyridine rings is 1. The van der Waals surface area contributed by atoms with Crippen molar-refractivity contribution < 1.29 is 13.2 Å². The van der Waals surface area contributed by atoms with E-state index in [0.717, 1.165) is 23.4 Å². The Morgan fingerprint density at radius 2 is 2.08 bits per heavy atom. The highest BCUT2D eigenvalue weighted by atomic mass is 32.2. The largest absolute Gasteiger partial charge is 0.493 e. The van der Waals surface area contributed by atoms with Gasteiger partial charge in [-0.05, 0) is 35.9 Å². The van der Waals surface area contributed by atoms with Gasteiger partial charge < -0.3 is 9.30 Å². The van der Waals surface area contributed by atoms with Crippen molar-refractivity contribution >= 4 is 10.0 Å². The minimum atomic E-state index is -3.57. The van der Waals surface area contributed by atoms with Crippen molar-refractivity contribution in [2.24, 2.45) is 0 Å². The summed E-state index contributed by atoms with van der Waals surface area (Å²) in [7, 11) is -3.57. The van der Waals surface area contributed by atoms with Crippen LogP contribution in [0.25, 0.3) is 11.5 Å². The summed E-state index contributed by atoms with van der Waals surface area (Å²) in [5.41, 5.74) is 1.68. The van der Waals surface area contributed by atoms with Gasteiger partial charge in [-0.1, -0.05) is 6.07 Å². The molecule has 0 unspecified atom stereocenters. The Bertz CT molecular complexity index is 1020. The van der Waals surface area contributed by atoms with Crippen LogP contribution < -0.4 is 9.46 Å². The highest BCUT2D eigenvalue weighted by molar-refractivity contribution is 7.89. The van der Waals surface area contributed by atoms with Gasteiger partial charge in [0.2, 0.25) is 10.0 Å². The monoisotopic (exact) mass is 370 g/mol. The van der Waals surface area contributed by atoms with Crippen LogP contribution in [0.5, 0.6) is 5.75 Å². The van der Waals surface area contributed by atoms with Crippen LogP contribution in [-0.2, 0) is 23.0 Å². The SMILES string of the molecule is O=S(=O)(NCCn1ccnc1-c1ccccn1)c1ccc2c(c1)CCO2. The summed E-state index contributed by atoms with van der Waals surface area (Å²) in [6, 6.07) is 10.6. The van der Waals surface area contributed by atoms with E-state index < -0.39 is 10.0 Å². The van der Waals surface area contributed by atoms with Crippen LogP contribution in [0.1, 0.15) is 5.56 Å². The van der Waals surface area contributed by atoms with E-state index in [1.165, 1.54) is 0 Å². The quantitative estimate of drug-likeness (QED) is 0.716. The molecule has 2 aromatic heterocycles. The van der Waals surface area contributed by atoms with Crippen LogP contribution in [0.15, 0.2) is 59.9 Å². The van der Waals surface area contributed by atoms with Crippen LogP contribution in [-0.4, -0.2) is 36.1 Å². The molecule has 0 radical (unpaired) electrons. The van der Waals surface area contributed by atoms with Crippen molar-refractivity contribution in [1.82, 2.24) is 19.3 Å². The molecule has 0 saturated carbocycles. The second-order valence-corrected chi connectivity index (χ2v) is 7.69. The molecular weight excluding hydrogens is 352 g/mol. The first-order valence-electron chi connectivity index (χ1n) is 8.31. The Morgan fingerprint density at radius 3 is 2.92 bits per heavy atom. The van der Waals surface area contributed by atoms with E-state index in [4.69, 9.17) is 4.74 Å². The molecule has 0 spiro atoms. The number of rotatable bonds is 6. The number of hydrogen-bond acceptors (Lipinski definition) is 5.